The molecule has 4 N–H and O–H groups in total. The second kappa shape index (κ2) is 7.94. The van der Waals surface area contributed by atoms with Gasteiger partial charge in [-0.25, -0.2) is 0 Å². The van der Waals surface area contributed by atoms with Crippen LogP contribution in [0.5, 0.6) is 0 Å². The van der Waals surface area contributed by atoms with E-state index in [1.165, 1.54) is 0 Å². The number of carbonyl (C=O) groups is 2. The first-order chi connectivity index (χ1) is 10.6. The summed E-state index contributed by atoms with van der Waals surface area (Å²) in [5, 5.41) is 5.78. The van der Waals surface area contributed by atoms with Crippen LogP contribution in [-0.4, -0.2) is 24.9 Å². The van der Waals surface area contributed by atoms with Crippen molar-refractivity contribution in [1.29, 1.82) is 0 Å². The molecule has 0 spiro atoms. The number of piperidine rings is 1. The number of hydrogen-bond donors (Lipinski definition) is 3. The van der Waals surface area contributed by atoms with E-state index in [0.717, 1.165) is 37.2 Å². The first kappa shape index (κ1) is 16.5. The summed E-state index contributed by atoms with van der Waals surface area (Å²) in [7, 11) is 0. The molecule has 1 unspecified atom stereocenters. The van der Waals surface area contributed by atoms with Gasteiger partial charge in [0.1, 0.15) is 0 Å². The number of benzene rings is 1. The van der Waals surface area contributed by atoms with Crippen molar-refractivity contribution in [3.63, 3.8) is 0 Å². The minimum Gasteiger partial charge on any atom is -0.385 e. The first-order valence-electron chi connectivity index (χ1n) is 7.97. The average Bonchev–Trinajstić information content (AvgIpc) is 2.48. The molecule has 1 aromatic carbocycles. The van der Waals surface area contributed by atoms with Crippen molar-refractivity contribution in [3.05, 3.63) is 29.8 Å². The number of hydrogen-bond acceptors (Lipinski definition) is 4. The van der Waals surface area contributed by atoms with Crippen LogP contribution in [-0.2, 0) is 9.59 Å². The van der Waals surface area contributed by atoms with Crippen LogP contribution >= 0.6 is 0 Å². The number of amides is 2. The molecule has 2 amide bonds. The summed E-state index contributed by atoms with van der Waals surface area (Å²) in [4.78, 5) is 23.0. The van der Waals surface area contributed by atoms with Crippen LogP contribution in [0.25, 0.3) is 0 Å². The molecule has 5 nitrogen and oxygen atoms in total. The Labute approximate surface area is 131 Å². The summed E-state index contributed by atoms with van der Waals surface area (Å²) in [5.41, 5.74) is 7.56. The third kappa shape index (κ3) is 4.56. The molecule has 0 bridgehead atoms. The molecule has 1 aromatic rings. The van der Waals surface area contributed by atoms with Crippen LogP contribution in [0, 0.1) is 5.92 Å². The Hall–Kier alpha value is -1.88. The van der Waals surface area contributed by atoms with E-state index in [1.54, 1.807) is 0 Å². The smallest absolute Gasteiger partial charge is 0.234 e. The van der Waals surface area contributed by atoms with Crippen molar-refractivity contribution in [2.75, 3.05) is 18.4 Å². The second-order valence-electron chi connectivity index (χ2n) is 6.02. The van der Waals surface area contributed by atoms with E-state index in [9.17, 15) is 9.59 Å². The van der Waals surface area contributed by atoms with Gasteiger partial charge in [0.2, 0.25) is 11.8 Å². The highest BCUT2D eigenvalue weighted by molar-refractivity contribution is 6.00. The molecule has 1 saturated heterocycles. The van der Waals surface area contributed by atoms with Crippen molar-refractivity contribution in [3.8, 4) is 0 Å². The summed E-state index contributed by atoms with van der Waals surface area (Å²) in [6, 6.07) is 7.91. The standard InChI is InChI=1S/C17H25N3O2/c1-12(8-10-18)9-11-19-14-4-2-13(3-5-14)15-6-7-16(21)20-17(15)22/h2-5,12,15,19H,6-11,18H2,1H3,(H,20,21,22)/t12-,15?/m0/s1. The van der Waals surface area contributed by atoms with Gasteiger partial charge in [0.25, 0.3) is 0 Å². The minimum atomic E-state index is -0.212. The van der Waals surface area contributed by atoms with Crippen molar-refractivity contribution in [2.45, 2.75) is 38.5 Å². The van der Waals surface area contributed by atoms with Crippen molar-refractivity contribution in [1.82, 2.24) is 5.32 Å². The molecule has 5 heteroatoms. The van der Waals surface area contributed by atoms with Gasteiger partial charge in [-0.15, -0.1) is 0 Å². The molecule has 0 saturated carbocycles. The van der Waals surface area contributed by atoms with Gasteiger partial charge in [-0.05, 0) is 49.4 Å². The van der Waals surface area contributed by atoms with E-state index in [-0.39, 0.29) is 17.7 Å². The summed E-state index contributed by atoms with van der Waals surface area (Å²) in [5.74, 6) is 0.0512. The predicted octanol–water partition coefficient (Wildman–Crippen LogP) is 1.99. The summed E-state index contributed by atoms with van der Waals surface area (Å²) in [6.45, 7) is 3.86. The second-order valence-corrected chi connectivity index (χ2v) is 6.02. The Kier molecular flexibility index (Phi) is 5.95. The molecule has 0 radical (unpaired) electrons. The van der Waals surface area contributed by atoms with Crippen LogP contribution in [0.2, 0.25) is 0 Å². The number of imide groups is 1. The van der Waals surface area contributed by atoms with E-state index in [4.69, 9.17) is 5.73 Å². The number of nitrogens with two attached hydrogens (primary N) is 1. The van der Waals surface area contributed by atoms with Gasteiger partial charge in [-0.2, -0.15) is 0 Å². The van der Waals surface area contributed by atoms with Gasteiger partial charge < -0.3 is 11.1 Å². The highest BCUT2D eigenvalue weighted by Gasteiger charge is 2.27. The Morgan fingerprint density at radius 1 is 1.27 bits per heavy atom. The molecule has 22 heavy (non-hydrogen) atoms. The Morgan fingerprint density at radius 2 is 2.00 bits per heavy atom. The minimum absolute atomic E-state index is 0.175. The average molecular weight is 303 g/mol. The zero-order valence-electron chi connectivity index (χ0n) is 13.1. The molecule has 1 fully saturated rings. The van der Waals surface area contributed by atoms with Gasteiger partial charge in [0, 0.05) is 18.7 Å². The Morgan fingerprint density at radius 3 is 2.64 bits per heavy atom. The molecular weight excluding hydrogens is 278 g/mol. The normalized spacial score (nSPS) is 19.6. The van der Waals surface area contributed by atoms with Crippen molar-refractivity contribution < 1.29 is 9.59 Å². The molecule has 120 valence electrons. The van der Waals surface area contributed by atoms with Gasteiger partial charge in [0.15, 0.2) is 0 Å². The Balaban J connectivity index is 1.85. The Bertz CT molecular complexity index is 513. The molecule has 1 aliphatic rings. The monoisotopic (exact) mass is 303 g/mol. The van der Waals surface area contributed by atoms with Crippen molar-refractivity contribution >= 4 is 17.5 Å². The third-order valence-electron chi connectivity index (χ3n) is 4.18. The van der Waals surface area contributed by atoms with Crippen LogP contribution in [0.1, 0.15) is 44.1 Å². The van der Waals surface area contributed by atoms with Crippen LogP contribution in [0.15, 0.2) is 24.3 Å². The number of rotatable bonds is 7. The summed E-state index contributed by atoms with van der Waals surface area (Å²) in [6.07, 6.45) is 3.14. The molecule has 0 aliphatic carbocycles. The van der Waals surface area contributed by atoms with Crippen LogP contribution in [0.4, 0.5) is 5.69 Å². The van der Waals surface area contributed by atoms with E-state index in [0.29, 0.717) is 18.8 Å². The highest BCUT2D eigenvalue weighted by atomic mass is 16.2. The number of carbonyl (C=O) groups excluding carboxylic acids is 2. The quantitative estimate of drug-likeness (QED) is 0.673. The van der Waals surface area contributed by atoms with Gasteiger partial charge in [-0.3, -0.25) is 14.9 Å². The van der Waals surface area contributed by atoms with E-state index < -0.39 is 0 Å². The maximum Gasteiger partial charge on any atom is 0.234 e. The van der Waals surface area contributed by atoms with Crippen molar-refractivity contribution in [2.24, 2.45) is 11.7 Å². The topological polar surface area (TPSA) is 84.2 Å². The van der Waals surface area contributed by atoms with Crippen LogP contribution in [0.3, 0.4) is 0 Å². The van der Waals surface area contributed by atoms with E-state index >= 15 is 0 Å². The lowest BCUT2D eigenvalue weighted by Gasteiger charge is -2.21. The summed E-state index contributed by atoms with van der Waals surface area (Å²) < 4.78 is 0. The molecule has 2 atom stereocenters. The lowest BCUT2D eigenvalue weighted by atomic mass is 9.90. The number of nitrogens with one attached hydrogen (secondary N) is 2. The van der Waals surface area contributed by atoms with E-state index in [1.807, 2.05) is 24.3 Å². The fraction of sp³-hybridized carbons (Fsp3) is 0.529. The van der Waals surface area contributed by atoms with Gasteiger partial charge in [-0.1, -0.05) is 19.1 Å². The predicted molar refractivity (Wildman–Crippen MR) is 87.5 cm³/mol. The lowest BCUT2D eigenvalue weighted by molar-refractivity contribution is -0.134. The fourth-order valence-electron chi connectivity index (χ4n) is 2.74. The first-order valence-corrected chi connectivity index (χ1v) is 7.97. The number of anilines is 1. The molecular formula is C17H25N3O2. The molecule has 2 rings (SSSR count). The SMILES string of the molecule is C[C@@H](CCN)CCNc1ccc(C2CCC(=O)NC2=O)cc1. The fourth-order valence-corrected chi connectivity index (χ4v) is 2.74. The maximum atomic E-state index is 11.8. The van der Waals surface area contributed by atoms with Gasteiger partial charge in [0.05, 0.1) is 5.92 Å². The largest absolute Gasteiger partial charge is 0.385 e. The zero-order chi connectivity index (χ0) is 15.9. The molecule has 1 heterocycles. The third-order valence-corrected chi connectivity index (χ3v) is 4.18. The highest BCUT2D eigenvalue weighted by Crippen LogP contribution is 2.25. The summed E-state index contributed by atoms with van der Waals surface area (Å²) >= 11 is 0. The van der Waals surface area contributed by atoms with E-state index in [2.05, 4.69) is 17.6 Å². The van der Waals surface area contributed by atoms with Gasteiger partial charge >= 0.3 is 0 Å². The maximum absolute atomic E-state index is 11.8. The lowest BCUT2D eigenvalue weighted by Crippen LogP contribution is -2.39. The van der Waals surface area contributed by atoms with Crippen LogP contribution < -0.4 is 16.4 Å². The zero-order valence-corrected chi connectivity index (χ0v) is 13.1. The molecule has 1 aliphatic heterocycles. The molecule has 0 aromatic heterocycles.